The van der Waals surface area contributed by atoms with E-state index in [1.165, 1.54) is 0 Å². The van der Waals surface area contributed by atoms with Gasteiger partial charge in [0, 0.05) is 0 Å². The topological polar surface area (TPSA) is 0 Å². The second-order valence-corrected chi connectivity index (χ2v) is 319. The van der Waals surface area contributed by atoms with E-state index in [4.69, 9.17) is 8.93 Å². The quantitative estimate of drug-likeness (QED) is 0.0549. The molecule has 0 fully saturated rings. The summed E-state index contributed by atoms with van der Waals surface area (Å²) in [5.74, 6) is 0. The van der Waals surface area contributed by atoms with E-state index in [9.17, 15) is 0 Å². The highest BCUT2D eigenvalue weighted by Crippen LogP contribution is 3.51. The average Bonchev–Trinajstić information content (AvgIpc) is 3.19. The van der Waals surface area contributed by atoms with E-state index in [0.717, 1.165) is 7.96 Å². The van der Waals surface area contributed by atoms with Gasteiger partial charge in [0.05, 0.1) is 0 Å². The van der Waals surface area contributed by atoms with Crippen molar-refractivity contribution >= 4 is 599 Å². The molecule has 0 aromatic heterocycles. The van der Waals surface area contributed by atoms with Crippen molar-refractivity contribution in [3.8, 4) is 0 Å². The summed E-state index contributed by atoms with van der Waals surface area (Å²) in [5, 5.41) is 0. The van der Waals surface area contributed by atoms with Gasteiger partial charge in [-0.05, 0) is 252 Å². The van der Waals surface area contributed by atoms with Crippen molar-refractivity contribution in [2.24, 2.45) is 0 Å². The normalized spacial score (nSPS) is 16.2. The first-order chi connectivity index (χ1) is 34.1. The molecule has 0 nitrogen and oxygen atoms in total. The van der Waals surface area contributed by atoms with Crippen LogP contribution in [0.2, 0.25) is 0 Å². The molecule has 0 saturated carbocycles. The molecule has 0 bridgehead atoms. The van der Waals surface area contributed by atoms with Crippen LogP contribution in [0, 0.1) is 0 Å². The minimum absolute atomic E-state index is 0.284. The Bertz CT molecular complexity index is 1240. The first-order valence-electron chi connectivity index (χ1n) is 17.0. The maximum Gasteiger partial charge on any atom is -0.00000646 e. The largest absolute Gasteiger partial charge is 0.102 e. The van der Waals surface area contributed by atoms with Crippen molar-refractivity contribution in [1.82, 2.24) is 0 Å². The van der Waals surface area contributed by atoms with Gasteiger partial charge in [-0.3, -0.25) is 0 Å². The molecule has 0 aliphatic carbocycles. The van der Waals surface area contributed by atoms with E-state index in [-0.39, 0.29) is 224 Å². The van der Waals surface area contributed by atoms with Gasteiger partial charge in [-0.2, -0.15) is 0 Å². The molecule has 0 saturated heterocycles. The lowest BCUT2D eigenvalue weighted by atomic mass is 28.4. The van der Waals surface area contributed by atoms with Gasteiger partial charge in [0.2, 0.25) is 0 Å². The smallest absolute Gasteiger partial charge is 0.00000646 e. The molecule has 0 spiro atoms. The third kappa shape index (κ3) is 38.0. The van der Waals surface area contributed by atoms with Crippen LogP contribution in [-0.2, 0) is 0 Å². The van der Waals surface area contributed by atoms with E-state index in [0.29, 0.717) is 0 Å². The molecule has 0 aromatic rings. The predicted molar refractivity (Wildman–Crippen MR) is 624 cm³/mol. The van der Waals surface area contributed by atoms with Crippen LogP contribution in [0.1, 0.15) is 0 Å². The molecule has 0 amide bonds. The van der Waals surface area contributed by atoms with Crippen LogP contribution in [0.25, 0.3) is 0 Å². The molecule has 450 valence electrons. The zero-order valence-corrected chi connectivity index (χ0v) is 115. The van der Waals surface area contributed by atoms with Crippen LogP contribution >= 0.6 is 599 Å². The zero-order chi connectivity index (χ0) is 59.5. The van der Waals surface area contributed by atoms with Crippen molar-refractivity contribution < 1.29 is 0 Å². The summed E-state index contributed by atoms with van der Waals surface area (Å²) in [6.07, 6.45) is 0. The Hall–Kier alpha value is 32.2. The van der Waals surface area contributed by atoms with E-state index >= 15 is 0 Å². The second-order valence-electron chi connectivity index (χ2n) is 11.8. The van der Waals surface area contributed by atoms with Gasteiger partial charge in [-0.1, -0.05) is 25.8 Å². The molecular formula is H75P75. The lowest BCUT2D eigenvalue weighted by molar-refractivity contribution is 4.31. The Kier molecular flexibility index (Phi) is 84.4. The van der Waals surface area contributed by atoms with Crippen LogP contribution in [0.4, 0.5) is 0 Å². The second kappa shape index (κ2) is 59.0. The standard InChI is InChI=1S/H75P75/c1-39-58(38)68(59(40(2)3)41(4)5)73(69(60(42(6)7)43(8)9)61(44(10)11)45(12)13)75(72(66(54(30)31)55(32)33)67(56(34)35)57(36)37)74(70(62(46(14)15)47(16)17)63(48(18)19)49(20)21)71(64(50(22)23)51(24)25)65(52(26)27)53(28)29/h1-2,39H,3-38H2. The highest BCUT2D eigenvalue weighted by Gasteiger charge is 2.64. The van der Waals surface area contributed by atoms with Gasteiger partial charge < -0.3 is 0 Å². The number of rotatable bonds is 36. The molecule has 75 heteroatoms. The maximum absolute atomic E-state index is 4.77. The molecule has 0 aliphatic heterocycles. The van der Waals surface area contributed by atoms with Crippen molar-refractivity contribution in [3.63, 3.8) is 0 Å². The molecule has 75 heavy (non-hydrogen) atoms. The molecule has 2 radical (unpaired) electrons. The van der Waals surface area contributed by atoms with Crippen molar-refractivity contribution in [1.29, 1.82) is 0 Å². The lowest BCUT2D eigenvalue weighted by Crippen LogP contribution is -1.75. The molecule has 0 N–H and O–H groups in total. The summed E-state index contributed by atoms with van der Waals surface area (Å²) in [5.41, 5.74) is 0. The monoisotopic (exact) mass is 2400 g/mol. The summed E-state index contributed by atoms with van der Waals surface area (Å²) < 4.78 is 0. The Morgan fingerprint density at radius 2 is 0.267 bits per heavy atom. The Morgan fingerprint density at radius 3 is 0.360 bits per heavy atom. The van der Waals surface area contributed by atoms with Crippen LogP contribution in [0.3, 0.4) is 0 Å². The van der Waals surface area contributed by atoms with Crippen LogP contribution in [0.15, 0.2) is 0 Å². The fourth-order valence-corrected chi connectivity index (χ4v) is 1100. The van der Waals surface area contributed by atoms with Gasteiger partial charge >= 0.3 is 0 Å². The minimum Gasteiger partial charge on any atom is -0.102 e. The molecule has 43 atom stereocenters. The van der Waals surface area contributed by atoms with E-state index in [1.807, 2.05) is 0 Å². The van der Waals surface area contributed by atoms with Crippen LogP contribution in [0.5, 0.6) is 0 Å². The number of hydrogen-bond acceptors (Lipinski definition) is 0. The zero-order valence-electron chi connectivity index (χ0n) is 38.4. The Labute approximate surface area is 589 Å². The summed E-state index contributed by atoms with van der Waals surface area (Å²) in [6.45, 7) is -12.0. The summed E-state index contributed by atoms with van der Waals surface area (Å²) in [4.78, 5) is 0. The molecule has 0 aliphatic rings. The van der Waals surface area contributed by atoms with Gasteiger partial charge in [0.1, 0.15) is 0 Å². The molecule has 0 rings (SSSR count). The van der Waals surface area contributed by atoms with Gasteiger partial charge in [0.15, 0.2) is 0 Å². The minimum atomic E-state index is -0.431. The van der Waals surface area contributed by atoms with Crippen molar-refractivity contribution in [3.05, 3.63) is 0 Å². The fourth-order valence-electron chi connectivity index (χ4n) is 4.51. The average molecular weight is 2400 g/mol. The summed E-state index contributed by atoms with van der Waals surface area (Å²) in [6, 6.07) is 0. The van der Waals surface area contributed by atoms with Crippen molar-refractivity contribution in [2.45, 2.75) is 0 Å². The maximum atomic E-state index is 4.77. The molecule has 0 aromatic carbocycles. The van der Waals surface area contributed by atoms with Crippen molar-refractivity contribution in [2.75, 3.05) is 0 Å². The SMILES string of the molecule is [PH]PP(P)P(P(P([PH])P)P(P)P)P(P(P(P(P)P)P(P)P)P(P(P)P)P(P)P)P(P(P(P(P)P)P(P)P)P(P(P)P)P(P)P)P(P(P(P(P)P)P(P)P)P(P(P)P)P(P)P)P(P(P(P)P)P(P)P)P(P(P)P)P(P)P. The molecule has 43 unspecified atom stereocenters. The molecule has 0 heterocycles. The molecular weight excluding hydrogens is 2320 g/mol. The highest BCUT2D eigenvalue weighted by atomic mass is 33.6. The first kappa shape index (κ1) is 107. The van der Waals surface area contributed by atoms with Gasteiger partial charge in [-0.15, -0.1) is 321 Å². The van der Waals surface area contributed by atoms with Gasteiger partial charge in [0.25, 0.3) is 0 Å². The van der Waals surface area contributed by atoms with E-state index in [2.05, 4.69) is 330 Å². The van der Waals surface area contributed by atoms with Gasteiger partial charge in [-0.25, -0.2) is 0 Å². The highest BCUT2D eigenvalue weighted by molar-refractivity contribution is 9.57. The third-order valence-electron chi connectivity index (χ3n) is 6.57. The Balaban J connectivity index is 12.2. The fraction of sp³-hybridized carbons (Fsp3) is 0. The van der Waals surface area contributed by atoms with E-state index < -0.39 is 27.9 Å². The lowest BCUT2D eigenvalue weighted by Gasteiger charge is -2.62. The van der Waals surface area contributed by atoms with Crippen LogP contribution < -0.4 is 0 Å². The first-order valence-corrected chi connectivity index (χ1v) is 153. The Morgan fingerprint density at radius 1 is 0.160 bits per heavy atom. The summed E-state index contributed by atoms with van der Waals surface area (Å²) in [7, 11) is 142. The third-order valence-corrected chi connectivity index (χ3v) is 532. The summed E-state index contributed by atoms with van der Waals surface area (Å²) >= 11 is 0. The predicted octanol–water partition coefficient (Wildman–Crippen LogP) is 44.5. The number of hydrogen-bond donors (Lipinski definition) is 0. The van der Waals surface area contributed by atoms with E-state index in [1.54, 1.807) is 0 Å². The van der Waals surface area contributed by atoms with Crippen LogP contribution in [-0.4, -0.2) is 0 Å².